The molecule has 0 heterocycles. The molecule has 0 aliphatic heterocycles. The van der Waals surface area contributed by atoms with E-state index in [-0.39, 0.29) is 5.91 Å². The molecule has 0 saturated carbocycles. The summed E-state index contributed by atoms with van der Waals surface area (Å²) in [7, 11) is 0. The van der Waals surface area contributed by atoms with Gasteiger partial charge in [0.15, 0.2) is 0 Å². The summed E-state index contributed by atoms with van der Waals surface area (Å²) in [6.45, 7) is 6.05. The van der Waals surface area contributed by atoms with Crippen LogP contribution in [0.15, 0.2) is 30.3 Å². The molecule has 1 aromatic rings. The molecule has 0 atom stereocenters. The van der Waals surface area contributed by atoms with Crippen LogP contribution in [-0.4, -0.2) is 30.7 Å². The monoisotopic (exact) mass is 416 g/mol. The summed E-state index contributed by atoms with van der Waals surface area (Å²) in [5.41, 5.74) is 0.466. The summed E-state index contributed by atoms with van der Waals surface area (Å²) >= 11 is 2.22. The van der Waals surface area contributed by atoms with Gasteiger partial charge in [-0.15, -0.1) is 0 Å². The van der Waals surface area contributed by atoms with Gasteiger partial charge in [0.2, 0.25) is 5.91 Å². The lowest BCUT2D eigenvalue weighted by Crippen LogP contribution is -2.37. The molecule has 1 rings (SSSR count). The molecule has 2 amide bonds. The first-order chi connectivity index (χ1) is 10.3. The van der Waals surface area contributed by atoms with Crippen LogP contribution in [0.1, 0.15) is 26.3 Å². The molecule has 0 fully saturated rings. The average Bonchev–Trinajstić information content (AvgIpc) is 2.41. The maximum absolute atomic E-state index is 11.7. The van der Waals surface area contributed by atoms with Crippen LogP contribution in [0, 0.1) is 3.57 Å². The summed E-state index contributed by atoms with van der Waals surface area (Å²) in [6, 6.07) is 7.78. The van der Waals surface area contributed by atoms with Crippen molar-refractivity contribution in [1.29, 1.82) is 0 Å². The zero-order valence-electron chi connectivity index (χ0n) is 13.0. The highest BCUT2D eigenvalue weighted by Gasteiger charge is 2.15. The fraction of sp³-hybridized carbons (Fsp3) is 0.375. The maximum Gasteiger partial charge on any atom is 0.407 e. The Balaban J connectivity index is 2.27. The molecule has 2 N–H and O–H groups in total. The van der Waals surface area contributed by atoms with Crippen LogP contribution in [0.4, 0.5) is 4.79 Å². The third-order valence-corrected chi connectivity index (χ3v) is 3.39. The molecule has 120 valence electrons. The van der Waals surface area contributed by atoms with Crippen molar-refractivity contribution in [2.45, 2.75) is 26.4 Å². The Labute approximate surface area is 144 Å². The average molecular weight is 416 g/mol. The lowest BCUT2D eigenvalue weighted by molar-refractivity contribution is -0.116. The van der Waals surface area contributed by atoms with Gasteiger partial charge in [0.25, 0.3) is 0 Å². The van der Waals surface area contributed by atoms with E-state index in [4.69, 9.17) is 4.74 Å². The second-order valence-electron chi connectivity index (χ2n) is 5.57. The Bertz CT molecular complexity index is 551. The largest absolute Gasteiger partial charge is 0.444 e. The zero-order chi connectivity index (χ0) is 16.6. The number of alkyl carbamates (subject to hydrolysis) is 1. The van der Waals surface area contributed by atoms with Crippen molar-refractivity contribution < 1.29 is 14.3 Å². The molecule has 0 saturated heterocycles. The topological polar surface area (TPSA) is 67.4 Å². The highest BCUT2D eigenvalue weighted by atomic mass is 127. The van der Waals surface area contributed by atoms with E-state index >= 15 is 0 Å². The Hall–Kier alpha value is -1.57. The van der Waals surface area contributed by atoms with Gasteiger partial charge >= 0.3 is 6.09 Å². The van der Waals surface area contributed by atoms with Gasteiger partial charge in [-0.25, -0.2) is 4.79 Å². The van der Waals surface area contributed by atoms with Gasteiger partial charge in [0, 0.05) is 22.7 Å². The lowest BCUT2D eigenvalue weighted by atomic mass is 10.2. The van der Waals surface area contributed by atoms with E-state index in [0.717, 1.165) is 9.13 Å². The number of ether oxygens (including phenoxy) is 1. The second-order valence-corrected chi connectivity index (χ2v) is 6.74. The van der Waals surface area contributed by atoms with Gasteiger partial charge < -0.3 is 15.4 Å². The van der Waals surface area contributed by atoms with Crippen molar-refractivity contribution in [1.82, 2.24) is 10.6 Å². The predicted molar refractivity (Wildman–Crippen MR) is 95.4 cm³/mol. The van der Waals surface area contributed by atoms with Crippen LogP contribution in [0.25, 0.3) is 6.08 Å². The van der Waals surface area contributed by atoms with Gasteiger partial charge in [0.05, 0.1) is 0 Å². The van der Waals surface area contributed by atoms with Crippen molar-refractivity contribution in [2.75, 3.05) is 13.1 Å². The van der Waals surface area contributed by atoms with E-state index in [2.05, 4.69) is 33.2 Å². The molecule has 0 aliphatic rings. The van der Waals surface area contributed by atoms with E-state index < -0.39 is 11.7 Å². The molecular formula is C16H21IN2O3. The van der Waals surface area contributed by atoms with Crippen molar-refractivity contribution in [3.63, 3.8) is 0 Å². The molecule has 22 heavy (non-hydrogen) atoms. The molecule has 0 aliphatic carbocycles. The number of carbonyl (C=O) groups excluding carboxylic acids is 2. The zero-order valence-corrected chi connectivity index (χ0v) is 15.1. The summed E-state index contributed by atoms with van der Waals surface area (Å²) in [4.78, 5) is 23.0. The first-order valence-electron chi connectivity index (χ1n) is 6.95. The van der Waals surface area contributed by atoms with Gasteiger partial charge in [0.1, 0.15) is 5.60 Å². The number of benzene rings is 1. The molecule has 1 aromatic carbocycles. The number of carbonyl (C=O) groups is 2. The Morgan fingerprint density at radius 1 is 1.18 bits per heavy atom. The summed E-state index contributed by atoms with van der Waals surface area (Å²) in [6.07, 6.45) is 2.75. The second kappa shape index (κ2) is 8.77. The maximum atomic E-state index is 11.7. The number of hydrogen-bond acceptors (Lipinski definition) is 3. The van der Waals surface area contributed by atoms with Crippen LogP contribution in [-0.2, 0) is 9.53 Å². The first-order valence-corrected chi connectivity index (χ1v) is 8.03. The van der Waals surface area contributed by atoms with Gasteiger partial charge in [-0.1, -0.05) is 18.2 Å². The quantitative estimate of drug-likeness (QED) is 0.441. The number of amides is 2. The van der Waals surface area contributed by atoms with Gasteiger partial charge in [-0.2, -0.15) is 0 Å². The standard InChI is InChI=1S/C16H21IN2O3/c1-16(2,3)22-15(21)19-11-10-18-14(20)9-8-12-6-4-5-7-13(12)17/h4-9H,10-11H2,1-3H3,(H,18,20)(H,19,21)/b9-8+. The number of halogens is 1. The van der Waals surface area contributed by atoms with Crippen molar-refractivity contribution in [3.8, 4) is 0 Å². The fourth-order valence-electron chi connectivity index (χ4n) is 1.50. The van der Waals surface area contributed by atoms with E-state index in [0.29, 0.717) is 13.1 Å². The van der Waals surface area contributed by atoms with Crippen LogP contribution in [0.2, 0.25) is 0 Å². The minimum absolute atomic E-state index is 0.203. The minimum atomic E-state index is -0.525. The van der Waals surface area contributed by atoms with Crippen molar-refractivity contribution >= 4 is 40.7 Å². The Kier molecular flexibility index (Phi) is 7.37. The van der Waals surface area contributed by atoms with Crippen LogP contribution < -0.4 is 10.6 Å². The SMILES string of the molecule is CC(C)(C)OC(=O)NCCNC(=O)/C=C/c1ccccc1I. The fourth-order valence-corrected chi connectivity index (χ4v) is 2.07. The van der Waals surface area contributed by atoms with E-state index in [9.17, 15) is 9.59 Å². The molecule has 0 aromatic heterocycles. The van der Waals surface area contributed by atoms with E-state index in [1.54, 1.807) is 26.8 Å². The third kappa shape index (κ3) is 8.02. The molecule has 0 unspecified atom stereocenters. The van der Waals surface area contributed by atoms with Crippen LogP contribution in [0.3, 0.4) is 0 Å². The molecule has 0 radical (unpaired) electrons. The number of rotatable bonds is 5. The smallest absolute Gasteiger partial charge is 0.407 e. The summed E-state index contributed by atoms with van der Waals surface area (Å²) in [5.74, 6) is -0.203. The predicted octanol–water partition coefficient (Wildman–Crippen LogP) is 2.95. The molecule has 6 heteroatoms. The van der Waals surface area contributed by atoms with E-state index in [1.807, 2.05) is 24.3 Å². The van der Waals surface area contributed by atoms with Crippen LogP contribution in [0.5, 0.6) is 0 Å². The minimum Gasteiger partial charge on any atom is -0.444 e. The Morgan fingerprint density at radius 2 is 1.82 bits per heavy atom. The van der Waals surface area contributed by atoms with Crippen molar-refractivity contribution in [3.05, 3.63) is 39.5 Å². The van der Waals surface area contributed by atoms with Crippen molar-refractivity contribution in [2.24, 2.45) is 0 Å². The van der Waals surface area contributed by atoms with Crippen LogP contribution >= 0.6 is 22.6 Å². The number of hydrogen-bond donors (Lipinski definition) is 2. The molecule has 0 spiro atoms. The Morgan fingerprint density at radius 3 is 2.45 bits per heavy atom. The third-order valence-electron chi connectivity index (χ3n) is 2.41. The number of nitrogens with one attached hydrogen (secondary N) is 2. The highest BCUT2D eigenvalue weighted by molar-refractivity contribution is 14.1. The van der Waals surface area contributed by atoms with Gasteiger partial charge in [-0.05, 0) is 61.1 Å². The summed E-state index contributed by atoms with van der Waals surface area (Å²) < 4.78 is 6.17. The molecular weight excluding hydrogens is 395 g/mol. The molecule has 0 bridgehead atoms. The normalized spacial score (nSPS) is 11.3. The first kappa shape index (κ1) is 18.5. The van der Waals surface area contributed by atoms with Gasteiger partial charge in [-0.3, -0.25) is 4.79 Å². The highest BCUT2D eigenvalue weighted by Crippen LogP contribution is 2.12. The van der Waals surface area contributed by atoms with E-state index in [1.165, 1.54) is 6.08 Å². The lowest BCUT2D eigenvalue weighted by Gasteiger charge is -2.19. The molecule has 5 nitrogen and oxygen atoms in total. The summed E-state index contributed by atoms with van der Waals surface area (Å²) in [5, 5.41) is 5.27.